The summed E-state index contributed by atoms with van der Waals surface area (Å²) in [5.74, 6) is -6.41. The number of alkyl halides is 2. The SMILES string of the molecule is CCOC(=O)C(F)(F)CC(CCC(C)C)C1=C(C(=O)O)CCC1. The number of carboxylic acids is 1. The van der Waals surface area contributed by atoms with Crippen molar-refractivity contribution in [3.05, 3.63) is 11.1 Å². The summed E-state index contributed by atoms with van der Waals surface area (Å²) in [6.07, 6.45) is 2.08. The fourth-order valence-corrected chi connectivity index (χ4v) is 3.03. The zero-order valence-electron chi connectivity index (χ0n) is 14.0. The molecule has 0 saturated heterocycles. The summed E-state index contributed by atoms with van der Waals surface area (Å²) in [6.45, 7) is 5.35. The number of hydrogen-bond acceptors (Lipinski definition) is 3. The maximum Gasteiger partial charge on any atom is 0.376 e. The molecular weight excluding hydrogens is 306 g/mol. The number of rotatable bonds is 9. The van der Waals surface area contributed by atoms with Gasteiger partial charge in [-0.05, 0) is 44.4 Å². The molecule has 1 atom stereocenters. The molecule has 0 aliphatic heterocycles. The van der Waals surface area contributed by atoms with E-state index in [0.717, 1.165) is 0 Å². The number of carboxylic acid groups (broad SMARTS) is 1. The monoisotopic (exact) mass is 332 g/mol. The van der Waals surface area contributed by atoms with Crippen LogP contribution in [0.25, 0.3) is 0 Å². The molecule has 23 heavy (non-hydrogen) atoms. The second-order valence-corrected chi connectivity index (χ2v) is 6.46. The Balaban J connectivity index is 2.99. The summed E-state index contributed by atoms with van der Waals surface area (Å²) in [4.78, 5) is 22.8. The third kappa shape index (κ3) is 5.59. The number of aliphatic carboxylic acids is 1. The van der Waals surface area contributed by atoms with E-state index in [2.05, 4.69) is 4.74 Å². The van der Waals surface area contributed by atoms with Gasteiger partial charge in [0.2, 0.25) is 0 Å². The van der Waals surface area contributed by atoms with Gasteiger partial charge in [0.15, 0.2) is 0 Å². The van der Waals surface area contributed by atoms with Crippen LogP contribution in [0, 0.1) is 11.8 Å². The van der Waals surface area contributed by atoms with E-state index in [4.69, 9.17) is 0 Å². The topological polar surface area (TPSA) is 63.6 Å². The number of hydrogen-bond donors (Lipinski definition) is 1. The van der Waals surface area contributed by atoms with Crippen molar-refractivity contribution in [2.24, 2.45) is 11.8 Å². The van der Waals surface area contributed by atoms with E-state index >= 15 is 0 Å². The van der Waals surface area contributed by atoms with Gasteiger partial charge in [-0.1, -0.05) is 25.8 Å². The number of allylic oxidation sites excluding steroid dienone is 1. The molecule has 132 valence electrons. The molecule has 0 amide bonds. The van der Waals surface area contributed by atoms with Crippen molar-refractivity contribution in [3.8, 4) is 0 Å². The highest BCUT2D eigenvalue weighted by atomic mass is 19.3. The lowest BCUT2D eigenvalue weighted by atomic mass is 9.84. The smallest absolute Gasteiger partial charge is 0.376 e. The van der Waals surface area contributed by atoms with Gasteiger partial charge in [0, 0.05) is 12.0 Å². The second-order valence-electron chi connectivity index (χ2n) is 6.46. The first-order valence-electron chi connectivity index (χ1n) is 8.19. The van der Waals surface area contributed by atoms with Gasteiger partial charge in [-0.15, -0.1) is 0 Å². The summed E-state index contributed by atoms with van der Waals surface area (Å²) in [6, 6.07) is 0. The number of carbonyl (C=O) groups is 2. The molecule has 0 aromatic carbocycles. The van der Waals surface area contributed by atoms with E-state index in [1.807, 2.05) is 13.8 Å². The van der Waals surface area contributed by atoms with Crippen LogP contribution in [0.4, 0.5) is 8.78 Å². The lowest BCUT2D eigenvalue weighted by Crippen LogP contribution is -2.34. The molecule has 4 nitrogen and oxygen atoms in total. The molecule has 0 spiro atoms. The first kappa shape index (κ1) is 19.6. The zero-order chi connectivity index (χ0) is 17.6. The first-order chi connectivity index (χ1) is 10.7. The highest BCUT2D eigenvalue weighted by Crippen LogP contribution is 2.40. The van der Waals surface area contributed by atoms with Gasteiger partial charge in [0.05, 0.1) is 6.61 Å². The predicted octanol–water partition coefficient (Wildman–Crippen LogP) is 4.19. The van der Waals surface area contributed by atoms with E-state index < -0.39 is 30.2 Å². The maximum absolute atomic E-state index is 14.1. The van der Waals surface area contributed by atoms with Crippen LogP contribution in [0.2, 0.25) is 0 Å². The Kier molecular flexibility index (Phi) is 7.16. The van der Waals surface area contributed by atoms with Crippen molar-refractivity contribution in [1.29, 1.82) is 0 Å². The van der Waals surface area contributed by atoms with Gasteiger partial charge < -0.3 is 9.84 Å². The van der Waals surface area contributed by atoms with Crippen molar-refractivity contribution in [2.75, 3.05) is 6.61 Å². The van der Waals surface area contributed by atoms with Crippen LogP contribution in [0.15, 0.2) is 11.1 Å². The summed E-state index contributed by atoms with van der Waals surface area (Å²) < 4.78 is 32.7. The minimum atomic E-state index is -3.59. The van der Waals surface area contributed by atoms with Gasteiger partial charge in [0.1, 0.15) is 0 Å². The number of carbonyl (C=O) groups excluding carboxylic acids is 1. The molecule has 0 heterocycles. The van der Waals surface area contributed by atoms with Gasteiger partial charge in [-0.25, -0.2) is 9.59 Å². The highest BCUT2D eigenvalue weighted by molar-refractivity contribution is 5.88. The van der Waals surface area contributed by atoms with Crippen LogP contribution in [0.3, 0.4) is 0 Å². The molecule has 0 bridgehead atoms. The average Bonchev–Trinajstić information content (AvgIpc) is 2.93. The molecular formula is C17H26F2O4. The minimum absolute atomic E-state index is 0.103. The largest absolute Gasteiger partial charge is 0.478 e. The van der Waals surface area contributed by atoms with E-state index in [1.165, 1.54) is 6.92 Å². The van der Waals surface area contributed by atoms with Crippen LogP contribution < -0.4 is 0 Å². The van der Waals surface area contributed by atoms with Gasteiger partial charge >= 0.3 is 17.9 Å². The number of halogens is 2. The standard InChI is InChI=1S/C17H26F2O4/c1-4-23-16(22)17(18,19)10-12(9-8-11(2)3)13-6-5-7-14(13)15(20)21/h11-12H,4-10H2,1-3H3,(H,20,21). The fourth-order valence-electron chi connectivity index (χ4n) is 3.03. The molecule has 0 fully saturated rings. The predicted molar refractivity (Wildman–Crippen MR) is 82.3 cm³/mol. The van der Waals surface area contributed by atoms with Gasteiger partial charge in [-0.2, -0.15) is 8.78 Å². The average molecular weight is 332 g/mol. The van der Waals surface area contributed by atoms with Crippen LogP contribution >= 0.6 is 0 Å². The molecule has 1 rings (SSSR count). The normalized spacial score (nSPS) is 16.8. The molecule has 1 unspecified atom stereocenters. The van der Waals surface area contributed by atoms with Crippen molar-refractivity contribution in [2.45, 2.75) is 65.2 Å². The summed E-state index contributed by atoms with van der Waals surface area (Å²) >= 11 is 0. The maximum atomic E-state index is 14.1. The Bertz CT molecular complexity index is 469. The van der Waals surface area contributed by atoms with Crippen molar-refractivity contribution in [3.63, 3.8) is 0 Å². The van der Waals surface area contributed by atoms with E-state index in [1.54, 1.807) is 0 Å². The van der Waals surface area contributed by atoms with Crippen LogP contribution in [0.5, 0.6) is 0 Å². The molecule has 1 aliphatic rings. The third-order valence-electron chi connectivity index (χ3n) is 4.18. The number of ether oxygens (including phenoxy) is 1. The number of esters is 1. The first-order valence-corrected chi connectivity index (χ1v) is 8.19. The quantitative estimate of drug-likeness (QED) is 0.643. The summed E-state index contributed by atoms with van der Waals surface area (Å²) in [5.41, 5.74) is 0.834. The fraction of sp³-hybridized carbons (Fsp3) is 0.765. The van der Waals surface area contributed by atoms with E-state index in [9.17, 15) is 23.5 Å². The lowest BCUT2D eigenvalue weighted by molar-refractivity contribution is -0.173. The Morgan fingerprint density at radius 2 is 1.91 bits per heavy atom. The second kappa shape index (κ2) is 8.41. The van der Waals surface area contributed by atoms with E-state index in [0.29, 0.717) is 43.6 Å². The summed E-state index contributed by atoms with van der Waals surface area (Å²) in [5, 5.41) is 9.26. The molecule has 6 heteroatoms. The Labute approximate surface area is 135 Å². The molecule has 1 N–H and O–H groups in total. The van der Waals surface area contributed by atoms with E-state index in [-0.39, 0.29) is 12.2 Å². The third-order valence-corrected chi connectivity index (χ3v) is 4.18. The molecule has 0 radical (unpaired) electrons. The van der Waals surface area contributed by atoms with Crippen molar-refractivity contribution < 1.29 is 28.2 Å². The van der Waals surface area contributed by atoms with Gasteiger partial charge in [-0.3, -0.25) is 0 Å². The molecule has 0 aromatic rings. The Morgan fingerprint density at radius 1 is 1.26 bits per heavy atom. The Morgan fingerprint density at radius 3 is 2.43 bits per heavy atom. The zero-order valence-corrected chi connectivity index (χ0v) is 14.0. The highest BCUT2D eigenvalue weighted by Gasteiger charge is 2.44. The molecule has 0 aromatic heterocycles. The summed E-state index contributed by atoms with van der Waals surface area (Å²) in [7, 11) is 0. The Hall–Kier alpha value is -1.46. The van der Waals surface area contributed by atoms with Crippen molar-refractivity contribution in [1.82, 2.24) is 0 Å². The van der Waals surface area contributed by atoms with Crippen LogP contribution in [-0.2, 0) is 14.3 Å². The van der Waals surface area contributed by atoms with Crippen LogP contribution in [0.1, 0.15) is 59.3 Å². The van der Waals surface area contributed by atoms with Crippen LogP contribution in [-0.4, -0.2) is 29.6 Å². The molecule has 0 saturated carbocycles. The molecule has 1 aliphatic carbocycles. The van der Waals surface area contributed by atoms with Crippen molar-refractivity contribution >= 4 is 11.9 Å². The lowest BCUT2D eigenvalue weighted by Gasteiger charge is -2.24. The van der Waals surface area contributed by atoms with Gasteiger partial charge in [0.25, 0.3) is 0 Å². The minimum Gasteiger partial charge on any atom is -0.478 e.